The number of carbonyl (C=O) groups is 1. The minimum absolute atomic E-state index is 0.282. The molecular weight excluding hydrogens is 257 g/mol. The van der Waals surface area contributed by atoms with Gasteiger partial charge >= 0.3 is 84.3 Å². The van der Waals surface area contributed by atoms with Gasteiger partial charge < -0.3 is 0 Å². The van der Waals surface area contributed by atoms with Crippen LogP contribution in [0.15, 0.2) is 29.1 Å². The summed E-state index contributed by atoms with van der Waals surface area (Å²) in [6, 6.07) is 7.16. The van der Waals surface area contributed by atoms with Crippen LogP contribution in [0.1, 0.15) is 0 Å². The summed E-state index contributed by atoms with van der Waals surface area (Å²) in [7, 11) is 0. The number of rotatable bonds is 0. The van der Waals surface area contributed by atoms with Crippen LogP contribution >= 0.6 is 11.6 Å². The van der Waals surface area contributed by atoms with Crippen molar-refractivity contribution in [1.29, 1.82) is 0 Å². The van der Waals surface area contributed by atoms with Gasteiger partial charge in [-0.2, -0.15) is 0 Å². The van der Waals surface area contributed by atoms with Gasteiger partial charge in [0.2, 0.25) is 0 Å². The summed E-state index contributed by atoms with van der Waals surface area (Å²) in [6.07, 6.45) is 0. The Bertz CT molecular complexity index is 528. The van der Waals surface area contributed by atoms with E-state index in [0.29, 0.717) is 5.39 Å². The molecule has 2 aromatic rings. The summed E-state index contributed by atoms with van der Waals surface area (Å²) in [6.45, 7) is 0. The SMILES string of the molecule is O=C(Cl)n1[se]c2ccccc2c1=O. The molecule has 13 heavy (non-hydrogen) atoms. The monoisotopic (exact) mass is 261 g/mol. The van der Waals surface area contributed by atoms with E-state index in [4.69, 9.17) is 11.6 Å². The first kappa shape index (κ1) is 8.75. The average Bonchev–Trinajstić information content (AvgIpc) is 2.45. The number of benzene rings is 1. The Balaban J connectivity index is 2.90. The third kappa shape index (κ3) is 1.37. The predicted octanol–water partition coefficient (Wildman–Crippen LogP) is 1.27. The van der Waals surface area contributed by atoms with Gasteiger partial charge in [-0.3, -0.25) is 0 Å². The van der Waals surface area contributed by atoms with Crippen molar-refractivity contribution in [3.8, 4) is 0 Å². The van der Waals surface area contributed by atoms with E-state index >= 15 is 0 Å². The fourth-order valence-corrected chi connectivity index (χ4v) is 3.11. The number of halogens is 1. The van der Waals surface area contributed by atoms with Crippen molar-refractivity contribution >= 4 is 41.3 Å². The van der Waals surface area contributed by atoms with Gasteiger partial charge in [-0.05, 0) is 0 Å². The molecule has 1 heterocycles. The molecule has 0 fully saturated rings. The first-order chi connectivity index (χ1) is 6.20. The van der Waals surface area contributed by atoms with Gasteiger partial charge in [0.1, 0.15) is 0 Å². The van der Waals surface area contributed by atoms with Crippen molar-refractivity contribution in [2.45, 2.75) is 0 Å². The Hall–Kier alpha value is -0.831. The summed E-state index contributed by atoms with van der Waals surface area (Å²) in [5.74, 6) is 0. The Morgan fingerprint density at radius 2 is 2.08 bits per heavy atom. The van der Waals surface area contributed by atoms with E-state index in [1.807, 2.05) is 12.1 Å². The number of hydrogen-bond acceptors (Lipinski definition) is 2. The molecule has 66 valence electrons. The molecule has 0 amide bonds. The molecule has 0 radical (unpaired) electrons. The molecular formula is C8H4ClNO2Se. The van der Waals surface area contributed by atoms with Gasteiger partial charge in [-0.1, -0.05) is 0 Å². The van der Waals surface area contributed by atoms with Gasteiger partial charge in [-0.25, -0.2) is 0 Å². The topological polar surface area (TPSA) is 39.1 Å². The van der Waals surface area contributed by atoms with Crippen LogP contribution in [-0.4, -0.2) is 23.7 Å². The van der Waals surface area contributed by atoms with Crippen LogP contribution in [0.5, 0.6) is 0 Å². The molecule has 1 aromatic carbocycles. The Labute approximate surface area is 84.5 Å². The van der Waals surface area contributed by atoms with Crippen LogP contribution in [0.4, 0.5) is 4.79 Å². The van der Waals surface area contributed by atoms with E-state index < -0.39 is 5.37 Å². The molecule has 5 heteroatoms. The second-order valence-electron chi connectivity index (χ2n) is 2.44. The van der Waals surface area contributed by atoms with E-state index in [1.54, 1.807) is 12.1 Å². The molecule has 0 atom stereocenters. The van der Waals surface area contributed by atoms with Crippen molar-refractivity contribution < 1.29 is 4.79 Å². The summed E-state index contributed by atoms with van der Waals surface area (Å²) >= 11 is 4.97. The maximum atomic E-state index is 11.5. The van der Waals surface area contributed by atoms with Crippen molar-refractivity contribution in [1.82, 2.24) is 3.56 Å². The van der Waals surface area contributed by atoms with Crippen molar-refractivity contribution in [3.05, 3.63) is 34.6 Å². The molecule has 2 rings (SSSR count). The molecule has 1 aromatic heterocycles. The minimum atomic E-state index is -0.693. The summed E-state index contributed by atoms with van der Waals surface area (Å²) in [5.41, 5.74) is -0.282. The summed E-state index contributed by atoms with van der Waals surface area (Å²) in [4.78, 5) is 22.3. The van der Waals surface area contributed by atoms with Crippen LogP contribution in [0.25, 0.3) is 9.65 Å². The van der Waals surface area contributed by atoms with Crippen molar-refractivity contribution in [2.24, 2.45) is 0 Å². The average molecular weight is 261 g/mol. The van der Waals surface area contributed by atoms with E-state index in [9.17, 15) is 9.59 Å². The molecule has 0 N–H and O–H groups in total. The second kappa shape index (κ2) is 3.14. The Morgan fingerprint density at radius 3 is 2.69 bits per heavy atom. The van der Waals surface area contributed by atoms with Gasteiger partial charge in [0, 0.05) is 0 Å². The molecule has 0 spiro atoms. The fraction of sp³-hybridized carbons (Fsp3) is 0. The van der Waals surface area contributed by atoms with Gasteiger partial charge in [0.05, 0.1) is 0 Å². The third-order valence-corrected chi connectivity index (χ3v) is 4.29. The quantitative estimate of drug-likeness (QED) is 0.528. The van der Waals surface area contributed by atoms with Gasteiger partial charge in [0.15, 0.2) is 0 Å². The van der Waals surface area contributed by atoms with E-state index in [1.165, 1.54) is 0 Å². The zero-order valence-corrected chi connectivity index (χ0v) is 8.83. The van der Waals surface area contributed by atoms with E-state index in [0.717, 1.165) is 7.82 Å². The van der Waals surface area contributed by atoms with Crippen molar-refractivity contribution in [2.75, 3.05) is 0 Å². The summed E-state index contributed by atoms with van der Waals surface area (Å²) in [5, 5.41) is -0.0994. The molecule has 0 aliphatic heterocycles. The molecule has 0 saturated carbocycles. The number of fused-ring (bicyclic) bond motifs is 1. The molecule has 0 aliphatic rings. The van der Waals surface area contributed by atoms with Crippen LogP contribution < -0.4 is 5.56 Å². The zero-order valence-electron chi connectivity index (χ0n) is 6.36. The zero-order chi connectivity index (χ0) is 9.42. The normalized spacial score (nSPS) is 10.5. The Kier molecular flexibility index (Phi) is 2.12. The number of hydrogen-bond donors (Lipinski definition) is 0. The van der Waals surface area contributed by atoms with Crippen molar-refractivity contribution in [3.63, 3.8) is 0 Å². The number of aromatic nitrogens is 1. The fourth-order valence-electron chi connectivity index (χ4n) is 1.09. The third-order valence-electron chi connectivity index (χ3n) is 1.65. The first-order valence-electron chi connectivity index (χ1n) is 3.51. The molecule has 3 nitrogen and oxygen atoms in total. The van der Waals surface area contributed by atoms with Crippen LogP contribution in [0, 0.1) is 0 Å². The molecule has 0 aliphatic carbocycles. The summed E-state index contributed by atoms with van der Waals surface area (Å²) < 4.78 is 1.99. The van der Waals surface area contributed by atoms with Gasteiger partial charge in [0.25, 0.3) is 0 Å². The van der Waals surface area contributed by atoms with Crippen LogP contribution in [0.2, 0.25) is 0 Å². The predicted molar refractivity (Wildman–Crippen MR) is 51.8 cm³/mol. The molecule has 0 saturated heterocycles. The van der Waals surface area contributed by atoms with E-state index in [2.05, 4.69) is 0 Å². The first-order valence-corrected chi connectivity index (χ1v) is 5.51. The van der Waals surface area contributed by atoms with E-state index in [-0.39, 0.29) is 20.3 Å². The Morgan fingerprint density at radius 1 is 1.38 bits per heavy atom. The molecule has 0 unspecified atom stereocenters. The standard InChI is InChI=1S/C8H4ClNO2Se/c9-8(12)10-7(11)5-3-1-2-4-6(5)13-10/h1-4H. The number of carbonyl (C=O) groups excluding carboxylic acids is 1. The second-order valence-corrected chi connectivity index (χ2v) is 4.84. The van der Waals surface area contributed by atoms with Crippen LogP contribution in [0.3, 0.4) is 0 Å². The molecule has 0 bridgehead atoms. The van der Waals surface area contributed by atoms with Gasteiger partial charge in [-0.15, -0.1) is 0 Å². The maximum absolute atomic E-state index is 11.5. The van der Waals surface area contributed by atoms with Crippen LogP contribution in [-0.2, 0) is 0 Å². The number of nitrogens with zero attached hydrogens (tertiary/aromatic N) is 1.